The summed E-state index contributed by atoms with van der Waals surface area (Å²) in [7, 11) is 0. The zero-order chi connectivity index (χ0) is 15.9. The average Bonchev–Trinajstić information content (AvgIpc) is 2.82. The molecule has 1 fully saturated rings. The van der Waals surface area contributed by atoms with E-state index in [1.54, 1.807) is 6.07 Å². The molecule has 0 atom stereocenters. The van der Waals surface area contributed by atoms with Crippen molar-refractivity contribution < 1.29 is 8.78 Å². The van der Waals surface area contributed by atoms with Gasteiger partial charge in [-0.2, -0.15) is 0 Å². The zero-order valence-corrected chi connectivity index (χ0v) is 13.2. The van der Waals surface area contributed by atoms with Gasteiger partial charge in [-0.1, -0.05) is 25.3 Å². The minimum Gasteiger partial charge on any atom is -0.314 e. The average molecular weight is 317 g/mol. The van der Waals surface area contributed by atoms with Crippen molar-refractivity contribution in [3.8, 4) is 0 Å². The maximum Gasteiger partial charge on any atom is 0.143 e. The number of rotatable bonds is 2. The summed E-state index contributed by atoms with van der Waals surface area (Å²) < 4.78 is 29.9. The zero-order valence-electron chi connectivity index (χ0n) is 13.2. The SMILES string of the molecule is Fc1ccc(C2(c3nnc4n3CCCCCC4)CCC2)c(F)c1. The maximum absolute atomic E-state index is 14.4. The van der Waals surface area contributed by atoms with Crippen LogP contribution in [0.1, 0.15) is 62.2 Å². The summed E-state index contributed by atoms with van der Waals surface area (Å²) in [6.07, 6.45) is 8.39. The lowest BCUT2D eigenvalue weighted by Gasteiger charge is -2.41. The number of hydrogen-bond acceptors (Lipinski definition) is 2. The number of aromatic nitrogens is 3. The van der Waals surface area contributed by atoms with Crippen molar-refractivity contribution >= 4 is 0 Å². The van der Waals surface area contributed by atoms with Crippen LogP contribution < -0.4 is 0 Å². The summed E-state index contributed by atoms with van der Waals surface area (Å²) in [5, 5.41) is 8.86. The molecule has 0 saturated heterocycles. The van der Waals surface area contributed by atoms with Gasteiger partial charge in [0.05, 0.1) is 5.41 Å². The number of nitrogens with zero attached hydrogens (tertiary/aromatic N) is 3. The van der Waals surface area contributed by atoms with Crippen molar-refractivity contribution in [1.29, 1.82) is 0 Å². The molecule has 1 aromatic carbocycles. The van der Waals surface area contributed by atoms with E-state index in [9.17, 15) is 8.78 Å². The van der Waals surface area contributed by atoms with Crippen LogP contribution in [-0.4, -0.2) is 14.8 Å². The van der Waals surface area contributed by atoms with E-state index in [4.69, 9.17) is 0 Å². The molecule has 122 valence electrons. The summed E-state index contributed by atoms with van der Waals surface area (Å²) >= 11 is 0. The molecule has 23 heavy (non-hydrogen) atoms. The molecule has 0 bridgehead atoms. The lowest BCUT2D eigenvalue weighted by molar-refractivity contribution is 0.263. The van der Waals surface area contributed by atoms with Crippen LogP contribution in [0.15, 0.2) is 18.2 Å². The van der Waals surface area contributed by atoms with Crippen LogP contribution in [-0.2, 0) is 18.4 Å². The van der Waals surface area contributed by atoms with Crippen LogP contribution in [0.2, 0.25) is 0 Å². The van der Waals surface area contributed by atoms with Gasteiger partial charge < -0.3 is 4.57 Å². The molecule has 4 rings (SSSR count). The van der Waals surface area contributed by atoms with Crippen LogP contribution in [0.5, 0.6) is 0 Å². The van der Waals surface area contributed by atoms with Gasteiger partial charge in [-0.3, -0.25) is 0 Å². The van der Waals surface area contributed by atoms with Crippen LogP contribution in [0, 0.1) is 11.6 Å². The Hall–Kier alpha value is -1.78. The number of aryl methyl sites for hydroxylation is 1. The largest absolute Gasteiger partial charge is 0.314 e. The van der Waals surface area contributed by atoms with E-state index in [1.165, 1.54) is 18.9 Å². The standard InChI is InChI=1S/C18H21F2N3/c19-13-7-8-14(15(20)12-13)18(9-5-10-18)17-22-21-16-6-3-1-2-4-11-23(16)17/h7-8,12H,1-6,9-11H2. The molecule has 0 unspecified atom stereocenters. The monoisotopic (exact) mass is 317 g/mol. The van der Waals surface area contributed by atoms with Gasteiger partial charge in [-0.25, -0.2) is 8.78 Å². The first-order valence-corrected chi connectivity index (χ1v) is 8.59. The highest BCUT2D eigenvalue weighted by atomic mass is 19.1. The van der Waals surface area contributed by atoms with Crippen LogP contribution in [0.3, 0.4) is 0 Å². The minimum atomic E-state index is -0.530. The Balaban J connectivity index is 1.81. The molecular weight excluding hydrogens is 296 g/mol. The second kappa shape index (κ2) is 5.69. The third-order valence-corrected chi connectivity index (χ3v) is 5.44. The molecule has 1 saturated carbocycles. The topological polar surface area (TPSA) is 30.7 Å². The van der Waals surface area contributed by atoms with Crippen molar-refractivity contribution in [2.45, 2.75) is 63.3 Å². The third kappa shape index (κ3) is 2.37. The quantitative estimate of drug-likeness (QED) is 0.833. The lowest BCUT2D eigenvalue weighted by Crippen LogP contribution is -2.39. The number of hydrogen-bond donors (Lipinski definition) is 0. The molecule has 1 aromatic heterocycles. The van der Waals surface area contributed by atoms with E-state index in [0.717, 1.165) is 62.8 Å². The number of benzene rings is 1. The smallest absolute Gasteiger partial charge is 0.143 e. The van der Waals surface area contributed by atoms with E-state index >= 15 is 0 Å². The van der Waals surface area contributed by atoms with Gasteiger partial charge in [0.15, 0.2) is 0 Å². The Morgan fingerprint density at radius 1 is 0.957 bits per heavy atom. The second-order valence-electron chi connectivity index (χ2n) is 6.82. The van der Waals surface area contributed by atoms with Crippen LogP contribution in [0.4, 0.5) is 8.78 Å². The molecule has 1 aliphatic carbocycles. The Kier molecular flexibility index (Phi) is 3.66. The van der Waals surface area contributed by atoms with Gasteiger partial charge in [0.2, 0.25) is 0 Å². The van der Waals surface area contributed by atoms with E-state index < -0.39 is 17.0 Å². The fourth-order valence-electron chi connectivity index (χ4n) is 4.04. The van der Waals surface area contributed by atoms with Gasteiger partial charge >= 0.3 is 0 Å². The fourth-order valence-corrected chi connectivity index (χ4v) is 4.04. The highest BCUT2D eigenvalue weighted by Crippen LogP contribution is 2.49. The molecule has 0 amide bonds. The van der Waals surface area contributed by atoms with Gasteiger partial charge in [0.25, 0.3) is 0 Å². The van der Waals surface area contributed by atoms with Crippen molar-refractivity contribution in [3.05, 3.63) is 47.0 Å². The number of fused-ring (bicyclic) bond motifs is 1. The first-order valence-electron chi connectivity index (χ1n) is 8.59. The molecule has 0 N–H and O–H groups in total. The summed E-state index contributed by atoms with van der Waals surface area (Å²) in [5.74, 6) is 0.907. The molecule has 2 heterocycles. The normalized spacial score (nSPS) is 20.3. The van der Waals surface area contributed by atoms with Crippen molar-refractivity contribution in [2.75, 3.05) is 0 Å². The molecule has 5 heteroatoms. The van der Waals surface area contributed by atoms with E-state index in [-0.39, 0.29) is 0 Å². The molecule has 1 aliphatic heterocycles. The van der Waals surface area contributed by atoms with Gasteiger partial charge in [0, 0.05) is 24.6 Å². The van der Waals surface area contributed by atoms with Gasteiger partial charge in [-0.05, 0) is 31.7 Å². The van der Waals surface area contributed by atoms with Crippen molar-refractivity contribution in [2.24, 2.45) is 0 Å². The number of halogens is 2. The summed E-state index contributed by atoms with van der Waals surface area (Å²) in [5.41, 5.74) is 0.143. The molecular formula is C18H21F2N3. The molecule has 2 aromatic rings. The highest BCUT2D eigenvalue weighted by Gasteiger charge is 2.46. The van der Waals surface area contributed by atoms with Crippen LogP contribution >= 0.6 is 0 Å². The summed E-state index contributed by atoms with van der Waals surface area (Å²) in [6.45, 7) is 0.905. The summed E-state index contributed by atoms with van der Waals surface area (Å²) in [4.78, 5) is 0. The highest BCUT2D eigenvalue weighted by molar-refractivity contribution is 5.37. The van der Waals surface area contributed by atoms with E-state index in [0.29, 0.717) is 5.56 Å². The third-order valence-electron chi connectivity index (χ3n) is 5.44. The molecule has 0 spiro atoms. The second-order valence-corrected chi connectivity index (χ2v) is 6.82. The predicted octanol–water partition coefficient (Wildman–Crippen LogP) is 4.14. The van der Waals surface area contributed by atoms with Gasteiger partial charge in [-0.15, -0.1) is 10.2 Å². The van der Waals surface area contributed by atoms with Gasteiger partial charge in [0.1, 0.15) is 23.3 Å². The Morgan fingerprint density at radius 2 is 1.78 bits per heavy atom. The maximum atomic E-state index is 14.4. The predicted molar refractivity (Wildman–Crippen MR) is 83.2 cm³/mol. The molecule has 3 nitrogen and oxygen atoms in total. The summed E-state index contributed by atoms with van der Waals surface area (Å²) in [6, 6.07) is 3.93. The van der Waals surface area contributed by atoms with E-state index in [1.807, 2.05) is 0 Å². The molecule has 0 radical (unpaired) electrons. The Labute approximate surface area is 134 Å². The lowest BCUT2D eigenvalue weighted by atomic mass is 9.63. The fraction of sp³-hybridized carbons (Fsp3) is 0.556. The van der Waals surface area contributed by atoms with Crippen LogP contribution in [0.25, 0.3) is 0 Å². The first-order chi connectivity index (χ1) is 11.2. The first kappa shape index (κ1) is 14.8. The Bertz CT molecular complexity index is 719. The Morgan fingerprint density at radius 3 is 2.52 bits per heavy atom. The molecule has 2 aliphatic rings. The van der Waals surface area contributed by atoms with Crippen molar-refractivity contribution in [1.82, 2.24) is 14.8 Å². The van der Waals surface area contributed by atoms with Crippen molar-refractivity contribution in [3.63, 3.8) is 0 Å². The van der Waals surface area contributed by atoms with E-state index in [2.05, 4.69) is 14.8 Å². The minimum absolute atomic E-state index is 0.428.